The first-order valence-corrected chi connectivity index (χ1v) is 10.1. The van der Waals surface area contributed by atoms with Crippen LogP contribution in [0.1, 0.15) is 15.9 Å². The molecule has 0 N–H and O–H groups in total. The molecule has 32 heavy (non-hydrogen) atoms. The minimum Gasteiger partial charge on any atom is -0.423 e. The van der Waals surface area contributed by atoms with Crippen LogP contribution in [-0.2, 0) is 6.42 Å². The zero-order valence-corrected chi connectivity index (χ0v) is 17.2. The summed E-state index contributed by atoms with van der Waals surface area (Å²) in [5.74, 6) is -1.91. The van der Waals surface area contributed by atoms with Gasteiger partial charge in [-0.05, 0) is 70.6 Å². The lowest BCUT2D eigenvalue weighted by Crippen LogP contribution is -2.08. The van der Waals surface area contributed by atoms with E-state index in [-0.39, 0.29) is 0 Å². The monoisotopic (exact) mass is 426 g/mol. The summed E-state index contributed by atoms with van der Waals surface area (Å²) >= 11 is 0. The van der Waals surface area contributed by atoms with Crippen LogP contribution in [0.15, 0.2) is 104 Å². The molecule has 0 spiro atoms. The second-order valence-corrected chi connectivity index (χ2v) is 7.31. The van der Waals surface area contributed by atoms with Gasteiger partial charge in [0.2, 0.25) is 0 Å². The van der Waals surface area contributed by atoms with Crippen molar-refractivity contribution in [3.63, 3.8) is 0 Å². The number of hydrogen-bond acceptors (Lipinski definition) is 2. The number of esters is 1. The Bertz CT molecular complexity index is 1240. The molecule has 0 saturated heterocycles. The van der Waals surface area contributed by atoms with Crippen molar-refractivity contribution in [3.8, 4) is 28.0 Å². The van der Waals surface area contributed by atoms with Crippen molar-refractivity contribution in [3.05, 3.63) is 126 Å². The molecule has 0 aromatic heterocycles. The van der Waals surface area contributed by atoms with E-state index in [0.717, 1.165) is 29.7 Å². The molecular formula is C28H20F2O2. The molecule has 0 amide bonds. The van der Waals surface area contributed by atoms with Crippen molar-refractivity contribution in [2.75, 3.05) is 0 Å². The Hall–Kier alpha value is -4.05. The maximum Gasteiger partial charge on any atom is 0.343 e. The molecule has 0 aliphatic rings. The van der Waals surface area contributed by atoms with Crippen LogP contribution >= 0.6 is 0 Å². The van der Waals surface area contributed by atoms with Crippen molar-refractivity contribution < 1.29 is 18.3 Å². The molecule has 4 aromatic rings. The smallest absolute Gasteiger partial charge is 0.343 e. The van der Waals surface area contributed by atoms with Gasteiger partial charge in [0.1, 0.15) is 5.75 Å². The third-order valence-electron chi connectivity index (χ3n) is 5.11. The normalized spacial score (nSPS) is 10.6. The van der Waals surface area contributed by atoms with Gasteiger partial charge in [0.05, 0.1) is 5.56 Å². The second-order valence-electron chi connectivity index (χ2n) is 7.31. The highest BCUT2D eigenvalue weighted by Gasteiger charge is 2.10. The van der Waals surface area contributed by atoms with Crippen LogP contribution in [0.5, 0.6) is 5.75 Å². The standard InChI is InChI=1S/C28H20F2O2/c1-2-3-19-4-6-20(7-5-19)21-8-10-23(11-9-21)28(31)32-25-15-12-22(13-16-25)24-14-17-26(29)27(30)18-24/h2,4-18H,1,3H2. The van der Waals surface area contributed by atoms with E-state index in [4.69, 9.17) is 4.74 Å². The molecule has 4 aromatic carbocycles. The highest BCUT2D eigenvalue weighted by atomic mass is 19.2. The first-order valence-electron chi connectivity index (χ1n) is 10.1. The fourth-order valence-corrected chi connectivity index (χ4v) is 3.36. The Morgan fingerprint density at radius 1 is 0.719 bits per heavy atom. The summed E-state index contributed by atoms with van der Waals surface area (Å²) < 4.78 is 32.0. The molecule has 2 nitrogen and oxygen atoms in total. The summed E-state index contributed by atoms with van der Waals surface area (Å²) in [5.41, 5.74) is 4.91. The van der Waals surface area contributed by atoms with Crippen molar-refractivity contribution in [2.24, 2.45) is 0 Å². The molecule has 0 radical (unpaired) electrons. The minimum atomic E-state index is -0.908. The van der Waals surface area contributed by atoms with Gasteiger partial charge in [-0.25, -0.2) is 13.6 Å². The average molecular weight is 426 g/mol. The molecular weight excluding hydrogens is 406 g/mol. The number of ether oxygens (including phenoxy) is 1. The van der Waals surface area contributed by atoms with Crippen molar-refractivity contribution >= 4 is 5.97 Å². The van der Waals surface area contributed by atoms with Crippen molar-refractivity contribution in [1.29, 1.82) is 0 Å². The van der Waals surface area contributed by atoms with E-state index in [1.165, 1.54) is 11.6 Å². The summed E-state index contributed by atoms with van der Waals surface area (Å²) in [7, 11) is 0. The van der Waals surface area contributed by atoms with Crippen molar-refractivity contribution in [1.82, 2.24) is 0 Å². The fourth-order valence-electron chi connectivity index (χ4n) is 3.36. The highest BCUT2D eigenvalue weighted by Crippen LogP contribution is 2.25. The summed E-state index contributed by atoms with van der Waals surface area (Å²) in [4.78, 5) is 12.5. The van der Waals surface area contributed by atoms with Crippen LogP contribution in [0.3, 0.4) is 0 Å². The van der Waals surface area contributed by atoms with Gasteiger partial charge in [-0.15, -0.1) is 6.58 Å². The van der Waals surface area contributed by atoms with Crippen LogP contribution in [0.2, 0.25) is 0 Å². The van der Waals surface area contributed by atoms with Crippen LogP contribution in [-0.4, -0.2) is 5.97 Å². The Morgan fingerprint density at radius 3 is 1.84 bits per heavy atom. The first kappa shape index (κ1) is 21.2. The van der Waals surface area contributed by atoms with Gasteiger partial charge in [-0.2, -0.15) is 0 Å². The predicted molar refractivity (Wildman–Crippen MR) is 123 cm³/mol. The number of allylic oxidation sites excluding steroid dienone is 1. The molecule has 0 aliphatic carbocycles. The van der Waals surface area contributed by atoms with Crippen LogP contribution in [0, 0.1) is 11.6 Å². The Morgan fingerprint density at radius 2 is 1.25 bits per heavy atom. The summed E-state index contributed by atoms with van der Waals surface area (Å²) in [6, 6.07) is 25.7. The summed E-state index contributed by atoms with van der Waals surface area (Å²) in [5, 5.41) is 0. The lowest BCUT2D eigenvalue weighted by Gasteiger charge is -2.08. The van der Waals surface area contributed by atoms with Gasteiger partial charge in [0, 0.05) is 0 Å². The molecule has 158 valence electrons. The van der Waals surface area contributed by atoms with E-state index in [1.807, 2.05) is 30.3 Å². The quantitative estimate of drug-likeness (QED) is 0.184. The largest absolute Gasteiger partial charge is 0.423 e. The van der Waals surface area contributed by atoms with E-state index in [1.54, 1.807) is 36.4 Å². The van der Waals surface area contributed by atoms with E-state index in [0.29, 0.717) is 22.4 Å². The number of carbonyl (C=O) groups is 1. The Labute approximate surface area is 185 Å². The van der Waals surface area contributed by atoms with Crippen molar-refractivity contribution in [2.45, 2.75) is 6.42 Å². The number of hydrogen-bond donors (Lipinski definition) is 0. The van der Waals surface area contributed by atoms with Gasteiger partial charge in [-0.1, -0.05) is 60.7 Å². The molecule has 0 fully saturated rings. The molecule has 0 heterocycles. The lowest BCUT2D eigenvalue weighted by atomic mass is 10.0. The zero-order chi connectivity index (χ0) is 22.5. The van der Waals surface area contributed by atoms with Gasteiger partial charge < -0.3 is 4.74 Å². The Kier molecular flexibility index (Phi) is 6.22. The summed E-state index contributed by atoms with van der Waals surface area (Å²) in [6.07, 6.45) is 2.69. The van der Waals surface area contributed by atoms with Crippen LogP contribution in [0.4, 0.5) is 8.78 Å². The predicted octanol–water partition coefficient (Wildman–Crippen LogP) is 7.25. The molecule has 4 rings (SSSR count). The number of carbonyl (C=O) groups excluding carboxylic acids is 1. The third-order valence-corrected chi connectivity index (χ3v) is 5.11. The Balaban J connectivity index is 1.43. The average Bonchev–Trinajstić information content (AvgIpc) is 2.82. The van der Waals surface area contributed by atoms with E-state index in [2.05, 4.69) is 18.7 Å². The van der Waals surface area contributed by atoms with Gasteiger partial charge in [0.15, 0.2) is 11.6 Å². The number of halogens is 2. The van der Waals surface area contributed by atoms with Gasteiger partial charge in [0.25, 0.3) is 0 Å². The third kappa shape index (κ3) is 4.81. The van der Waals surface area contributed by atoms with E-state index < -0.39 is 17.6 Å². The second kappa shape index (κ2) is 9.40. The maximum absolute atomic E-state index is 13.4. The van der Waals surface area contributed by atoms with Crippen LogP contribution < -0.4 is 4.74 Å². The molecule has 0 atom stereocenters. The lowest BCUT2D eigenvalue weighted by molar-refractivity contribution is 0.0735. The zero-order valence-electron chi connectivity index (χ0n) is 17.2. The first-order chi connectivity index (χ1) is 15.5. The molecule has 4 heteroatoms. The molecule has 0 unspecified atom stereocenters. The highest BCUT2D eigenvalue weighted by molar-refractivity contribution is 5.91. The fraction of sp³-hybridized carbons (Fsp3) is 0.0357. The molecule has 0 saturated carbocycles. The molecule has 0 bridgehead atoms. The van der Waals surface area contributed by atoms with Gasteiger partial charge in [-0.3, -0.25) is 0 Å². The number of benzene rings is 4. The SMILES string of the molecule is C=CCc1ccc(-c2ccc(C(=O)Oc3ccc(-c4ccc(F)c(F)c4)cc3)cc2)cc1. The van der Waals surface area contributed by atoms with E-state index >= 15 is 0 Å². The van der Waals surface area contributed by atoms with Crippen LogP contribution in [0.25, 0.3) is 22.3 Å². The van der Waals surface area contributed by atoms with E-state index in [9.17, 15) is 13.6 Å². The minimum absolute atomic E-state index is 0.364. The summed E-state index contributed by atoms with van der Waals surface area (Å²) in [6.45, 7) is 3.75. The molecule has 0 aliphatic heterocycles. The maximum atomic E-state index is 13.4. The topological polar surface area (TPSA) is 26.3 Å². The van der Waals surface area contributed by atoms with Gasteiger partial charge >= 0.3 is 5.97 Å². The number of rotatable bonds is 6.